The van der Waals surface area contributed by atoms with Gasteiger partial charge in [-0.25, -0.2) is 4.98 Å². The Labute approximate surface area is 152 Å². The van der Waals surface area contributed by atoms with Crippen LogP contribution in [-0.2, 0) is 11.3 Å². The molecule has 1 saturated heterocycles. The summed E-state index contributed by atoms with van der Waals surface area (Å²) in [5.74, 6) is -0.447. The monoisotopic (exact) mass is 353 g/mol. The average Bonchev–Trinajstić information content (AvgIpc) is 3.15. The Hall–Kier alpha value is -2.31. The van der Waals surface area contributed by atoms with Crippen LogP contribution in [0.15, 0.2) is 24.3 Å². The van der Waals surface area contributed by atoms with E-state index in [9.17, 15) is 9.59 Å². The molecule has 26 heavy (non-hydrogen) atoms. The van der Waals surface area contributed by atoms with Crippen molar-refractivity contribution in [2.75, 3.05) is 27.2 Å². The molecule has 0 N–H and O–H groups in total. The number of carbonyl (C=O) groups excluding carboxylic acids is 2. The van der Waals surface area contributed by atoms with Crippen molar-refractivity contribution in [1.29, 1.82) is 0 Å². The van der Waals surface area contributed by atoms with E-state index >= 15 is 0 Å². The number of likely N-dealkylation sites (tertiary alicyclic amines) is 1. The molecule has 1 unspecified atom stereocenters. The lowest BCUT2D eigenvalue weighted by Gasteiger charge is -2.22. The van der Waals surface area contributed by atoms with Gasteiger partial charge in [0.25, 0.3) is 11.8 Å². The molecule has 1 fully saturated rings. The fourth-order valence-corrected chi connectivity index (χ4v) is 4.14. The molecular weight excluding hydrogens is 330 g/mol. The second kappa shape index (κ2) is 6.78. The Balaban J connectivity index is 1.70. The van der Waals surface area contributed by atoms with Gasteiger partial charge in [-0.3, -0.25) is 14.5 Å². The van der Waals surface area contributed by atoms with Crippen LogP contribution in [0.4, 0.5) is 0 Å². The third kappa shape index (κ3) is 2.70. The fraction of sp³-hybridized carbons (Fsp3) is 0.450. The highest BCUT2D eigenvalue weighted by molar-refractivity contribution is 6.26. The average molecular weight is 353 g/mol. The summed E-state index contributed by atoms with van der Waals surface area (Å²) in [6.45, 7) is 1.74. The van der Waals surface area contributed by atoms with Crippen molar-refractivity contribution in [3.05, 3.63) is 41.1 Å². The van der Waals surface area contributed by atoms with Crippen molar-refractivity contribution in [3.8, 4) is 0 Å². The minimum Gasteiger partial charge on any atom is -0.378 e. The van der Waals surface area contributed by atoms with Crippen molar-refractivity contribution >= 4 is 22.7 Å². The number of benzene rings is 1. The van der Waals surface area contributed by atoms with E-state index in [1.807, 2.05) is 24.3 Å². The number of fused-ring (bicyclic) bond motifs is 3. The molecule has 6 nitrogen and oxygen atoms in total. The van der Waals surface area contributed by atoms with Crippen molar-refractivity contribution < 1.29 is 14.3 Å². The Bertz CT molecular complexity index is 880. The molecule has 1 aromatic carbocycles. The van der Waals surface area contributed by atoms with Crippen LogP contribution >= 0.6 is 0 Å². The Kier molecular flexibility index (Phi) is 4.46. The number of amides is 2. The van der Waals surface area contributed by atoms with Crippen LogP contribution in [-0.4, -0.2) is 59.9 Å². The predicted octanol–water partition coefficient (Wildman–Crippen LogP) is 2.46. The Morgan fingerprint density at radius 1 is 1.19 bits per heavy atom. The first-order chi connectivity index (χ1) is 12.6. The highest BCUT2D eigenvalue weighted by Gasteiger charge is 2.40. The molecule has 6 heteroatoms. The zero-order valence-electron chi connectivity index (χ0n) is 15.2. The maximum absolute atomic E-state index is 13.1. The predicted molar refractivity (Wildman–Crippen MR) is 98.1 cm³/mol. The molecule has 2 aliphatic rings. The zero-order valence-corrected chi connectivity index (χ0v) is 15.2. The van der Waals surface area contributed by atoms with Gasteiger partial charge in [-0.1, -0.05) is 18.2 Å². The van der Waals surface area contributed by atoms with Gasteiger partial charge in [0.15, 0.2) is 0 Å². The summed E-state index contributed by atoms with van der Waals surface area (Å²) in [6, 6.07) is 7.91. The number of imide groups is 1. The van der Waals surface area contributed by atoms with Gasteiger partial charge in [-0.05, 0) is 38.9 Å². The Morgan fingerprint density at radius 3 is 2.69 bits per heavy atom. The van der Waals surface area contributed by atoms with Crippen LogP contribution in [0, 0.1) is 0 Å². The number of rotatable bonds is 5. The summed E-state index contributed by atoms with van der Waals surface area (Å²) < 4.78 is 5.23. The molecular formula is C20H23N3O3. The molecule has 3 heterocycles. The summed E-state index contributed by atoms with van der Waals surface area (Å²) in [5.41, 5.74) is 2.15. The first kappa shape index (κ1) is 17.1. The second-order valence-corrected chi connectivity index (χ2v) is 7.09. The first-order valence-electron chi connectivity index (χ1n) is 9.08. The van der Waals surface area contributed by atoms with Gasteiger partial charge < -0.3 is 9.64 Å². The van der Waals surface area contributed by atoms with Crippen molar-refractivity contribution in [3.63, 3.8) is 0 Å². The normalized spacial score (nSPS) is 20.4. The molecule has 0 aliphatic carbocycles. The lowest BCUT2D eigenvalue weighted by Crippen LogP contribution is -2.35. The van der Waals surface area contributed by atoms with Gasteiger partial charge in [-0.2, -0.15) is 0 Å². The number of carbonyl (C=O) groups is 2. The minimum atomic E-state index is -0.240. The number of para-hydroxylation sites is 1. The first-order valence-corrected chi connectivity index (χ1v) is 9.08. The van der Waals surface area contributed by atoms with E-state index in [1.165, 1.54) is 11.3 Å². The van der Waals surface area contributed by atoms with E-state index in [0.717, 1.165) is 30.3 Å². The van der Waals surface area contributed by atoms with Gasteiger partial charge in [0.2, 0.25) is 0 Å². The molecule has 4 rings (SSSR count). The standard InChI is InChI=1S/C20H23N3O3/c1-22-10-5-6-13(22)9-11-23-19(24)17-14-7-3-4-8-15(14)21-16(12-26-2)18(17)20(23)25/h3-4,7-8,13H,5-6,9-12H2,1-2H3. The van der Waals surface area contributed by atoms with Crippen LogP contribution in [0.25, 0.3) is 10.9 Å². The smallest absolute Gasteiger partial charge is 0.263 e. The van der Waals surface area contributed by atoms with Gasteiger partial charge in [-0.15, -0.1) is 0 Å². The molecule has 0 bridgehead atoms. The summed E-state index contributed by atoms with van der Waals surface area (Å²) in [7, 11) is 3.67. The number of hydrogen-bond donors (Lipinski definition) is 0. The summed E-state index contributed by atoms with van der Waals surface area (Å²) in [6.07, 6.45) is 3.11. The largest absolute Gasteiger partial charge is 0.378 e. The highest BCUT2D eigenvalue weighted by atomic mass is 16.5. The second-order valence-electron chi connectivity index (χ2n) is 7.09. The van der Waals surface area contributed by atoms with E-state index in [2.05, 4.69) is 16.9 Å². The van der Waals surface area contributed by atoms with E-state index in [4.69, 9.17) is 4.74 Å². The molecule has 0 radical (unpaired) electrons. The van der Waals surface area contributed by atoms with E-state index in [-0.39, 0.29) is 18.4 Å². The summed E-state index contributed by atoms with van der Waals surface area (Å²) in [4.78, 5) is 34.4. The number of ether oxygens (including phenoxy) is 1. The van der Waals surface area contributed by atoms with Gasteiger partial charge >= 0.3 is 0 Å². The summed E-state index contributed by atoms with van der Waals surface area (Å²) in [5, 5.41) is 0.737. The Morgan fingerprint density at radius 2 is 1.96 bits per heavy atom. The van der Waals surface area contributed by atoms with E-state index in [0.29, 0.717) is 29.4 Å². The van der Waals surface area contributed by atoms with Crippen LogP contribution in [0.5, 0.6) is 0 Å². The molecule has 136 valence electrons. The van der Waals surface area contributed by atoms with Crippen LogP contribution in [0.2, 0.25) is 0 Å². The lowest BCUT2D eigenvalue weighted by atomic mass is 10.0. The fourth-order valence-electron chi connectivity index (χ4n) is 4.14. The lowest BCUT2D eigenvalue weighted by molar-refractivity contribution is 0.0641. The molecule has 1 aromatic heterocycles. The van der Waals surface area contributed by atoms with Crippen molar-refractivity contribution in [2.45, 2.75) is 31.9 Å². The van der Waals surface area contributed by atoms with Gasteiger partial charge in [0.1, 0.15) is 0 Å². The third-order valence-electron chi connectivity index (χ3n) is 5.52. The number of hydrogen-bond acceptors (Lipinski definition) is 5. The maximum atomic E-state index is 13.1. The maximum Gasteiger partial charge on any atom is 0.263 e. The molecule has 2 aliphatic heterocycles. The molecule has 2 aromatic rings. The summed E-state index contributed by atoms with van der Waals surface area (Å²) >= 11 is 0. The van der Waals surface area contributed by atoms with E-state index < -0.39 is 0 Å². The van der Waals surface area contributed by atoms with Crippen molar-refractivity contribution in [2.24, 2.45) is 0 Å². The molecule has 0 saturated carbocycles. The molecule has 0 spiro atoms. The quantitative estimate of drug-likeness (QED) is 0.773. The number of methoxy groups -OCH3 is 1. The number of aromatic nitrogens is 1. The molecule has 2 amide bonds. The van der Waals surface area contributed by atoms with Gasteiger partial charge in [0.05, 0.1) is 28.9 Å². The topological polar surface area (TPSA) is 62.7 Å². The van der Waals surface area contributed by atoms with E-state index in [1.54, 1.807) is 7.11 Å². The number of pyridine rings is 1. The van der Waals surface area contributed by atoms with Crippen molar-refractivity contribution in [1.82, 2.24) is 14.8 Å². The van der Waals surface area contributed by atoms with Crippen LogP contribution in [0.3, 0.4) is 0 Å². The minimum absolute atomic E-state index is 0.207. The van der Waals surface area contributed by atoms with Crippen LogP contribution in [0.1, 0.15) is 45.7 Å². The van der Waals surface area contributed by atoms with Gasteiger partial charge in [0, 0.05) is 25.1 Å². The third-order valence-corrected chi connectivity index (χ3v) is 5.52. The molecule has 1 atom stereocenters. The SMILES string of the molecule is COCc1nc2ccccc2c2c1C(=O)N(CCC1CCCN1C)C2=O. The highest BCUT2D eigenvalue weighted by Crippen LogP contribution is 2.32. The number of nitrogens with zero attached hydrogens (tertiary/aromatic N) is 3. The zero-order chi connectivity index (χ0) is 18.3. The van der Waals surface area contributed by atoms with Crippen LogP contribution < -0.4 is 0 Å².